The number of hydrogen-bond acceptors (Lipinski definition) is 6. The molecule has 1 aliphatic carbocycles. The fourth-order valence-electron chi connectivity index (χ4n) is 3.22. The van der Waals surface area contributed by atoms with Gasteiger partial charge in [0.05, 0.1) is 12.0 Å². The van der Waals surface area contributed by atoms with Gasteiger partial charge in [0.25, 0.3) is 0 Å². The van der Waals surface area contributed by atoms with E-state index in [1.54, 1.807) is 30.5 Å². The van der Waals surface area contributed by atoms with Crippen LogP contribution in [0.3, 0.4) is 0 Å². The third-order valence-corrected chi connectivity index (χ3v) is 4.94. The Morgan fingerprint density at radius 1 is 1.13 bits per heavy atom. The highest BCUT2D eigenvalue weighted by Crippen LogP contribution is 2.58. The second-order valence-corrected chi connectivity index (χ2v) is 7.97. The Balaban J connectivity index is 1.68. The summed E-state index contributed by atoms with van der Waals surface area (Å²) in [5.41, 5.74) is 3.86. The molecule has 6 nitrogen and oxygen atoms in total. The molecule has 0 radical (unpaired) electrons. The standard InChI is InChI=1S/C24H26N2O4/c1-16(2)30-26-15-20-22(24(20,3)4)23(27)29-21(14-25)17-9-8-12-19(13-17)28-18-10-6-5-7-11-18/h5-13,15-16,21-22,26H,1-4H3/t21-,22-/m0/s1. The third-order valence-electron chi connectivity index (χ3n) is 4.94. The number of benzene rings is 2. The Bertz CT molecular complexity index is 961. The highest BCUT2D eigenvalue weighted by molar-refractivity contribution is 5.84. The van der Waals surface area contributed by atoms with Gasteiger partial charge in [0.1, 0.15) is 17.6 Å². The van der Waals surface area contributed by atoms with E-state index in [4.69, 9.17) is 14.3 Å². The molecule has 0 saturated heterocycles. The maximum atomic E-state index is 12.7. The molecule has 0 amide bonds. The van der Waals surface area contributed by atoms with E-state index in [9.17, 15) is 10.1 Å². The van der Waals surface area contributed by atoms with Crippen LogP contribution in [0.2, 0.25) is 0 Å². The summed E-state index contributed by atoms with van der Waals surface area (Å²) in [5.74, 6) is 0.405. The maximum Gasteiger partial charge on any atom is 0.315 e. The van der Waals surface area contributed by atoms with Gasteiger partial charge in [-0.25, -0.2) is 0 Å². The number of carbonyl (C=O) groups is 1. The summed E-state index contributed by atoms with van der Waals surface area (Å²) in [4.78, 5) is 18.0. The van der Waals surface area contributed by atoms with Gasteiger partial charge in [0.15, 0.2) is 0 Å². The average Bonchev–Trinajstić information content (AvgIpc) is 3.27. The molecule has 1 saturated carbocycles. The monoisotopic (exact) mass is 406 g/mol. The summed E-state index contributed by atoms with van der Waals surface area (Å²) in [7, 11) is 0. The molecule has 1 aliphatic rings. The zero-order valence-electron chi connectivity index (χ0n) is 17.6. The molecule has 1 fully saturated rings. The smallest absolute Gasteiger partial charge is 0.315 e. The molecule has 0 aromatic heterocycles. The second kappa shape index (κ2) is 9.02. The number of ether oxygens (including phenoxy) is 2. The summed E-state index contributed by atoms with van der Waals surface area (Å²) < 4.78 is 11.4. The molecule has 156 valence electrons. The third kappa shape index (κ3) is 5.00. The number of para-hydroxylation sites is 1. The van der Waals surface area contributed by atoms with Crippen LogP contribution in [-0.2, 0) is 14.4 Å². The summed E-state index contributed by atoms with van der Waals surface area (Å²) in [5, 5.41) is 9.59. The second-order valence-electron chi connectivity index (χ2n) is 7.97. The predicted molar refractivity (Wildman–Crippen MR) is 112 cm³/mol. The lowest BCUT2D eigenvalue weighted by atomic mass is 10.1. The minimum absolute atomic E-state index is 0.0162. The van der Waals surface area contributed by atoms with E-state index in [2.05, 4.69) is 11.5 Å². The van der Waals surface area contributed by atoms with Gasteiger partial charge in [-0.15, -0.1) is 0 Å². The van der Waals surface area contributed by atoms with Crippen LogP contribution < -0.4 is 10.2 Å². The predicted octanol–water partition coefficient (Wildman–Crippen LogP) is 5.06. The average molecular weight is 406 g/mol. The molecule has 0 aliphatic heterocycles. The SMILES string of the molecule is CC(C)ONC=C1[C@@H](C(=O)O[C@@H](C#N)c2cccc(Oc3ccccc3)c2)C1(C)C. The molecular weight excluding hydrogens is 380 g/mol. The normalized spacial score (nSPS) is 19.1. The molecule has 0 unspecified atom stereocenters. The number of carbonyl (C=O) groups excluding carboxylic acids is 1. The van der Waals surface area contributed by atoms with Crippen LogP contribution in [0.4, 0.5) is 0 Å². The van der Waals surface area contributed by atoms with Crippen molar-refractivity contribution < 1.29 is 19.1 Å². The number of nitrogens with one attached hydrogen (secondary N) is 1. The van der Waals surface area contributed by atoms with E-state index >= 15 is 0 Å². The van der Waals surface area contributed by atoms with Crippen LogP contribution in [0.15, 0.2) is 66.4 Å². The zero-order valence-corrected chi connectivity index (χ0v) is 17.6. The van der Waals surface area contributed by atoms with Crippen molar-refractivity contribution in [2.45, 2.75) is 39.9 Å². The van der Waals surface area contributed by atoms with Crippen molar-refractivity contribution in [3.8, 4) is 17.6 Å². The zero-order chi connectivity index (χ0) is 21.7. The molecule has 30 heavy (non-hydrogen) atoms. The first kappa shape index (κ1) is 21.4. The summed E-state index contributed by atoms with van der Waals surface area (Å²) in [6.45, 7) is 7.72. The molecular formula is C24H26N2O4. The van der Waals surface area contributed by atoms with Gasteiger partial charge in [0, 0.05) is 17.2 Å². The van der Waals surface area contributed by atoms with Gasteiger partial charge in [-0.3, -0.25) is 15.1 Å². The van der Waals surface area contributed by atoms with Crippen molar-refractivity contribution in [1.82, 2.24) is 5.48 Å². The van der Waals surface area contributed by atoms with Crippen LogP contribution in [0.25, 0.3) is 0 Å². The first-order chi connectivity index (χ1) is 14.3. The Morgan fingerprint density at radius 2 is 1.83 bits per heavy atom. The van der Waals surface area contributed by atoms with E-state index < -0.39 is 18.0 Å². The number of nitriles is 1. The van der Waals surface area contributed by atoms with Crippen LogP contribution >= 0.6 is 0 Å². The number of hydrogen-bond donors (Lipinski definition) is 1. The maximum absolute atomic E-state index is 12.7. The van der Waals surface area contributed by atoms with E-state index in [1.165, 1.54) is 0 Å². The molecule has 0 heterocycles. The Hall–Kier alpha value is -3.30. The van der Waals surface area contributed by atoms with Crippen molar-refractivity contribution in [2.24, 2.45) is 11.3 Å². The summed E-state index contributed by atoms with van der Waals surface area (Å²) >= 11 is 0. The number of rotatable bonds is 8. The first-order valence-electron chi connectivity index (χ1n) is 9.87. The molecule has 2 atom stereocenters. The van der Waals surface area contributed by atoms with Gasteiger partial charge in [-0.1, -0.05) is 44.2 Å². The van der Waals surface area contributed by atoms with Crippen molar-refractivity contribution in [3.63, 3.8) is 0 Å². The summed E-state index contributed by atoms with van der Waals surface area (Å²) in [6, 6.07) is 18.4. The van der Waals surface area contributed by atoms with Crippen LogP contribution in [-0.4, -0.2) is 12.1 Å². The van der Waals surface area contributed by atoms with Crippen molar-refractivity contribution in [3.05, 3.63) is 71.9 Å². The van der Waals surface area contributed by atoms with Gasteiger partial charge >= 0.3 is 5.97 Å². The lowest BCUT2D eigenvalue weighted by molar-refractivity contribution is -0.149. The number of hydroxylamine groups is 1. The highest BCUT2D eigenvalue weighted by atomic mass is 16.7. The lowest BCUT2D eigenvalue weighted by Gasteiger charge is -2.13. The largest absolute Gasteiger partial charge is 0.457 e. The van der Waals surface area contributed by atoms with E-state index in [1.807, 2.05) is 58.0 Å². The van der Waals surface area contributed by atoms with Crippen molar-refractivity contribution >= 4 is 5.97 Å². The summed E-state index contributed by atoms with van der Waals surface area (Å²) in [6.07, 6.45) is 0.693. The fraction of sp³-hybridized carbons (Fsp3) is 0.333. The van der Waals surface area contributed by atoms with Gasteiger partial charge in [0.2, 0.25) is 6.10 Å². The molecule has 1 N–H and O–H groups in total. The van der Waals surface area contributed by atoms with Gasteiger partial charge in [-0.2, -0.15) is 5.26 Å². The molecule has 2 aromatic rings. The highest BCUT2D eigenvalue weighted by Gasteiger charge is 2.58. The number of nitrogens with zero attached hydrogens (tertiary/aromatic N) is 1. The Morgan fingerprint density at radius 3 is 2.50 bits per heavy atom. The van der Waals surface area contributed by atoms with E-state index in [0.29, 0.717) is 17.1 Å². The quantitative estimate of drug-likeness (QED) is 0.488. The molecule has 0 bridgehead atoms. The molecule has 6 heteroatoms. The Kier molecular flexibility index (Phi) is 6.43. The lowest BCUT2D eigenvalue weighted by Crippen LogP contribution is -2.15. The molecule has 0 spiro atoms. The topological polar surface area (TPSA) is 80.6 Å². The fourth-order valence-corrected chi connectivity index (χ4v) is 3.22. The van der Waals surface area contributed by atoms with Crippen molar-refractivity contribution in [2.75, 3.05) is 0 Å². The van der Waals surface area contributed by atoms with Gasteiger partial charge in [-0.05, 0) is 43.7 Å². The molecule has 2 aromatic carbocycles. The minimum Gasteiger partial charge on any atom is -0.457 e. The van der Waals surface area contributed by atoms with Gasteiger partial charge < -0.3 is 9.47 Å². The molecule has 3 rings (SSSR count). The van der Waals surface area contributed by atoms with Crippen LogP contribution in [0, 0.1) is 22.7 Å². The van der Waals surface area contributed by atoms with Crippen LogP contribution in [0.5, 0.6) is 11.5 Å². The number of esters is 1. The Labute approximate surface area is 177 Å². The van der Waals surface area contributed by atoms with Crippen molar-refractivity contribution in [1.29, 1.82) is 5.26 Å². The first-order valence-corrected chi connectivity index (χ1v) is 9.87. The van der Waals surface area contributed by atoms with E-state index in [-0.39, 0.29) is 11.5 Å². The minimum atomic E-state index is -1.02. The van der Waals surface area contributed by atoms with E-state index in [0.717, 1.165) is 5.57 Å². The van der Waals surface area contributed by atoms with Crippen LogP contribution in [0.1, 0.15) is 39.4 Å².